The lowest BCUT2D eigenvalue weighted by Gasteiger charge is -2.41. The zero-order chi connectivity index (χ0) is 15.9. The number of aliphatic hydroxyl groups excluding tert-OH is 1. The van der Waals surface area contributed by atoms with Crippen LogP contribution in [0.3, 0.4) is 0 Å². The third-order valence-corrected chi connectivity index (χ3v) is 4.82. The smallest absolute Gasteiger partial charge is 0.287 e. The fraction of sp³-hybridized carbons (Fsp3) is 0.308. The van der Waals surface area contributed by atoms with Crippen LogP contribution in [0.2, 0.25) is 0 Å². The molecule has 22 heavy (non-hydrogen) atoms. The fourth-order valence-corrected chi connectivity index (χ4v) is 3.61. The monoisotopic (exact) mass is 324 g/mol. The Kier molecular flexibility index (Phi) is 3.57. The van der Waals surface area contributed by atoms with Crippen molar-refractivity contribution in [2.75, 3.05) is 13.2 Å². The molecule has 116 valence electrons. The van der Waals surface area contributed by atoms with Crippen molar-refractivity contribution in [2.24, 2.45) is 0 Å². The van der Waals surface area contributed by atoms with Gasteiger partial charge in [0, 0.05) is 12.6 Å². The van der Waals surface area contributed by atoms with Crippen LogP contribution in [0.5, 0.6) is 0 Å². The van der Waals surface area contributed by atoms with Crippen LogP contribution in [0, 0.1) is 10.1 Å². The molecular formula is C13H12N2O6S. The molecule has 1 aromatic heterocycles. The van der Waals surface area contributed by atoms with Gasteiger partial charge in [-0.05, 0) is 11.5 Å². The van der Waals surface area contributed by atoms with Crippen LogP contribution in [-0.4, -0.2) is 45.8 Å². The molecule has 3 rings (SSSR count). The number of ether oxygens (including phenoxy) is 1. The summed E-state index contributed by atoms with van der Waals surface area (Å²) in [5, 5.41) is 32.4. The van der Waals surface area contributed by atoms with Gasteiger partial charge in [-0.15, -0.1) is 11.3 Å². The van der Waals surface area contributed by atoms with Gasteiger partial charge in [0.25, 0.3) is 5.69 Å². The first kappa shape index (κ1) is 14.9. The Morgan fingerprint density at radius 2 is 2.32 bits per heavy atom. The molecule has 1 amide bonds. The predicted molar refractivity (Wildman–Crippen MR) is 77.1 cm³/mol. The van der Waals surface area contributed by atoms with Gasteiger partial charge in [-0.25, -0.2) is 0 Å². The highest BCUT2D eigenvalue weighted by Crippen LogP contribution is 2.41. The van der Waals surface area contributed by atoms with Crippen LogP contribution >= 0.6 is 11.3 Å². The summed E-state index contributed by atoms with van der Waals surface area (Å²) in [6.45, 7) is 0.195. The van der Waals surface area contributed by atoms with Gasteiger partial charge in [-0.3, -0.25) is 14.9 Å². The van der Waals surface area contributed by atoms with Gasteiger partial charge >= 0.3 is 0 Å². The first-order valence-corrected chi connectivity index (χ1v) is 7.22. The zero-order valence-electron chi connectivity index (χ0n) is 11.2. The van der Waals surface area contributed by atoms with E-state index in [0.717, 1.165) is 16.2 Å². The number of aliphatic hydroxyl groups is 2. The minimum Gasteiger partial charge on any atom is -0.368 e. The number of amides is 1. The maximum Gasteiger partial charge on any atom is 0.287 e. The molecular weight excluding hydrogens is 312 g/mol. The molecule has 1 aliphatic rings. The number of nitrogens with zero attached hydrogens (tertiary/aromatic N) is 2. The molecule has 2 heterocycles. The van der Waals surface area contributed by atoms with E-state index >= 15 is 0 Å². The molecule has 2 N–H and O–H groups in total. The second-order valence-corrected chi connectivity index (χ2v) is 5.88. The summed E-state index contributed by atoms with van der Waals surface area (Å²) in [5.74, 6) is -2.10. The first-order valence-electron chi connectivity index (χ1n) is 6.40. The molecule has 9 heteroatoms. The van der Waals surface area contributed by atoms with E-state index in [1.807, 2.05) is 0 Å². The lowest BCUT2D eigenvalue weighted by atomic mass is 10.1. The molecule has 2 aromatic rings. The van der Waals surface area contributed by atoms with E-state index < -0.39 is 16.9 Å². The zero-order valence-corrected chi connectivity index (χ0v) is 12.0. The van der Waals surface area contributed by atoms with Gasteiger partial charge in [0.05, 0.1) is 16.4 Å². The second kappa shape index (κ2) is 5.29. The molecule has 1 saturated heterocycles. The van der Waals surface area contributed by atoms with Crippen LogP contribution in [-0.2, 0) is 15.3 Å². The minimum atomic E-state index is -2.10. The maximum atomic E-state index is 11.1. The molecule has 8 nitrogen and oxygen atoms in total. The molecule has 1 aliphatic heterocycles. The Hall–Kier alpha value is -2.07. The van der Waals surface area contributed by atoms with E-state index in [9.17, 15) is 25.1 Å². The summed E-state index contributed by atoms with van der Waals surface area (Å²) in [5.41, 5.74) is -0.0881. The normalized spacial score (nSPS) is 25.4. The van der Waals surface area contributed by atoms with Crippen molar-refractivity contribution in [3.63, 3.8) is 0 Å². The number of benzene rings is 1. The number of hydrogen-bond donors (Lipinski definition) is 2. The Balaban J connectivity index is 2.11. The van der Waals surface area contributed by atoms with Crippen LogP contribution in [0.4, 0.5) is 5.69 Å². The minimum absolute atomic E-state index is 0.0443. The first-order chi connectivity index (χ1) is 10.5. The number of non-ortho nitro benzene ring substituents is 1. The quantitative estimate of drug-likeness (QED) is 0.489. The number of rotatable bonds is 3. The van der Waals surface area contributed by atoms with E-state index in [2.05, 4.69) is 0 Å². The van der Waals surface area contributed by atoms with Crippen molar-refractivity contribution in [3.05, 3.63) is 39.3 Å². The van der Waals surface area contributed by atoms with Gasteiger partial charge in [0.15, 0.2) is 6.23 Å². The highest BCUT2D eigenvalue weighted by Gasteiger charge is 2.46. The number of thiophene rings is 1. The summed E-state index contributed by atoms with van der Waals surface area (Å²) in [6, 6.07) is 6.09. The Morgan fingerprint density at radius 3 is 3.00 bits per heavy atom. The summed E-state index contributed by atoms with van der Waals surface area (Å²) in [7, 11) is 0. The second-order valence-electron chi connectivity index (χ2n) is 4.83. The highest BCUT2D eigenvalue weighted by atomic mass is 32.1. The van der Waals surface area contributed by atoms with Gasteiger partial charge < -0.3 is 19.8 Å². The molecule has 0 radical (unpaired) electrons. The fourth-order valence-electron chi connectivity index (χ4n) is 2.40. The molecule has 1 fully saturated rings. The lowest BCUT2D eigenvalue weighted by Crippen LogP contribution is -2.57. The van der Waals surface area contributed by atoms with E-state index in [1.54, 1.807) is 6.07 Å². The summed E-state index contributed by atoms with van der Waals surface area (Å²) < 4.78 is 5.64. The molecule has 1 aromatic carbocycles. The van der Waals surface area contributed by atoms with E-state index in [-0.39, 0.29) is 23.7 Å². The number of nitro groups is 1. The number of fused-ring (bicyclic) bond motifs is 1. The standard InChI is InChI=1S/C13H12N2O6S/c16-7-14-4-5-21-13(18,12(14)17)10-6-8-2-1-3-9(15(19)20)11(8)22-10/h1-3,6-7,12,17-18H,4-5H2. The van der Waals surface area contributed by atoms with Crippen molar-refractivity contribution in [1.82, 2.24) is 4.90 Å². The maximum absolute atomic E-state index is 11.1. The van der Waals surface area contributed by atoms with E-state index in [1.165, 1.54) is 18.2 Å². The molecule has 0 bridgehead atoms. The van der Waals surface area contributed by atoms with Gasteiger partial charge in [0.1, 0.15) is 4.70 Å². The summed E-state index contributed by atoms with van der Waals surface area (Å²) >= 11 is 0.955. The predicted octanol–water partition coefficient (Wildman–Crippen LogP) is 0.762. The number of morpholine rings is 1. The number of nitro benzene ring substituents is 1. The SMILES string of the molecule is O=CN1CCOC(O)(c2cc3cccc([N+](=O)[O-])c3s2)C1O. The van der Waals surface area contributed by atoms with Gasteiger partial charge in [0.2, 0.25) is 12.2 Å². The van der Waals surface area contributed by atoms with Crippen molar-refractivity contribution in [1.29, 1.82) is 0 Å². The van der Waals surface area contributed by atoms with Gasteiger partial charge in [-0.1, -0.05) is 12.1 Å². The van der Waals surface area contributed by atoms with Crippen LogP contribution < -0.4 is 0 Å². The van der Waals surface area contributed by atoms with Crippen LogP contribution in [0.15, 0.2) is 24.3 Å². The lowest BCUT2D eigenvalue weighted by molar-refractivity contribution is -0.382. The topological polar surface area (TPSA) is 113 Å². The largest absolute Gasteiger partial charge is 0.368 e. The molecule has 0 aliphatic carbocycles. The summed E-state index contributed by atoms with van der Waals surface area (Å²) in [4.78, 5) is 22.7. The summed E-state index contributed by atoms with van der Waals surface area (Å²) in [6.07, 6.45) is -1.15. The van der Waals surface area contributed by atoms with Crippen molar-refractivity contribution >= 4 is 33.5 Å². The molecule has 0 spiro atoms. The van der Waals surface area contributed by atoms with Gasteiger partial charge in [-0.2, -0.15) is 0 Å². The number of hydrogen-bond acceptors (Lipinski definition) is 7. The average molecular weight is 324 g/mol. The number of carbonyl (C=O) groups excluding carboxylic acids is 1. The Labute approximate surface area is 128 Å². The Bertz CT molecular complexity index is 747. The average Bonchev–Trinajstić information content (AvgIpc) is 2.94. The van der Waals surface area contributed by atoms with Crippen LogP contribution in [0.1, 0.15) is 4.88 Å². The third kappa shape index (κ3) is 2.15. The Morgan fingerprint density at radius 1 is 1.55 bits per heavy atom. The van der Waals surface area contributed by atoms with Crippen molar-refractivity contribution in [3.8, 4) is 0 Å². The molecule has 2 atom stereocenters. The van der Waals surface area contributed by atoms with Crippen molar-refractivity contribution < 1.29 is 24.7 Å². The van der Waals surface area contributed by atoms with E-state index in [0.29, 0.717) is 16.5 Å². The third-order valence-electron chi connectivity index (χ3n) is 3.54. The highest BCUT2D eigenvalue weighted by molar-refractivity contribution is 7.19. The van der Waals surface area contributed by atoms with Crippen LogP contribution in [0.25, 0.3) is 10.1 Å². The molecule has 0 saturated carbocycles. The number of carbonyl (C=O) groups is 1. The van der Waals surface area contributed by atoms with E-state index in [4.69, 9.17) is 4.74 Å². The molecule has 2 unspecified atom stereocenters. The van der Waals surface area contributed by atoms with Crippen molar-refractivity contribution in [2.45, 2.75) is 12.0 Å².